The molecule has 3 heteroatoms. The number of nitrogen functional groups attached to an aromatic ring is 1. The van der Waals surface area contributed by atoms with E-state index in [9.17, 15) is 4.79 Å². The van der Waals surface area contributed by atoms with Gasteiger partial charge in [0.25, 0.3) is 5.91 Å². The van der Waals surface area contributed by atoms with Crippen LogP contribution in [0.3, 0.4) is 0 Å². The van der Waals surface area contributed by atoms with E-state index in [-0.39, 0.29) is 5.91 Å². The van der Waals surface area contributed by atoms with Gasteiger partial charge in [-0.1, -0.05) is 23.8 Å². The van der Waals surface area contributed by atoms with Gasteiger partial charge in [-0.2, -0.15) is 0 Å². The van der Waals surface area contributed by atoms with Crippen molar-refractivity contribution in [3.05, 3.63) is 64.7 Å². The van der Waals surface area contributed by atoms with Gasteiger partial charge in [-0.3, -0.25) is 4.79 Å². The molecule has 3 nitrogen and oxygen atoms in total. The van der Waals surface area contributed by atoms with Crippen molar-refractivity contribution in [2.24, 2.45) is 0 Å². The monoisotopic (exact) mass is 254 g/mol. The Balaban J connectivity index is 2.04. The van der Waals surface area contributed by atoms with Crippen molar-refractivity contribution in [2.75, 3.05) is 5.73 Å². The number of hydrogen-bond acceptors (Lipinski definition) is 2. The van der Waals surface area contributed by atoms with E-state index in [0.29, 0.717) is 17.8 Å². The molecule has 0 radical (unpaired) electrons. The average Bonchev–Trinajstić information content (AvgIpc) is 2.40. The Bertz CT molecular complexity index is 588. The molecule has 19 heavy (non-hydrogen) atoms. The van der Waals surface area contributed by atoms with Gasteiger partial charge in [-0.15, -0.1) is 0 Å². The number of anilines is 1. The Morgan fingerprint density at radius 1 is 1.11 bits per heavy atom. The van der Waals surface area contributed by atoms with Crippen molar-refractivity contribution in [1.29, 1.82) is 0 Å². The first-order valence-corrected chi connectivity index (χ1v) is 6.26. The summed E-state index contributed by atoms with van der Waals surface area (Å²) in [7, 11) is 0. The molecular formula is C16H18N2O. The maximum Gasteiger partial charge on any atom is 0.251 e. The molecule has 0 bridgehead atoms. The average molecular weight is 254 g/mol. The van der Waals surface area contributed by atoms with Crippen LogP contribution in [-0.4, -0.2) is 5.91 Å². The van der Waals surface area contributed by atoms with Gasteiger partial charge in [0, 0.05) is 17.8 Å². The first-order chi connectivity index (χ1) is 9.06. The van der Waals surface area contributed by atoms with Gasteiger partial charge in [0.05, 0.1) is 0 Å². The predicted octanol–water partition coefficient (Wildman–Crippen LogP) is 2.82. The highest BCUT2D eigenvalue weighted by Crippen LogP contribution is 2.11. The molecule has 0 saturated carbocycles. The molecule has 0 aliphatic rings. The van der Waals surface area contributed by atoms with Crippen LogP contribution in [0.2, 0.25) is 0 Å². The second-order valence-electron chi connectivity index (χ2n) is 4.73. The zero-order valence-corrected chi connectivity index (χ0v) is 11.2. The molecule has 0 aliphatic carbocycles. The Hall–Kier alpha value is -2.29. The standard InChI is InChI=1S/C16H18N2O/c1-11-3-4-12(2)14(9-11)10-18-16(19)13-5-7-15(17)8-6-13/h3-9H,10,17H2,1-2H3,(H,18,19). The van der Waals surface area contributed by atoms with Crippen molar-refractivity contribution in [1.82, 2.24) is 5.32 Å². The summed E-state index contributed by atoms with van der Waals surface area (Å²) in [6.45, 7) is 4.63. The largest absolute Gasteiger partial charge is 0.399 e. The van der Waals surface area contributed by atoms with Crippen LogP contribution in [0.4, 0.5) is 5.69 Å². The van der Waals surface area contributed by atoms with Crippen LogP contribution in [0, 0.1) is 13.8 Å². The van der Waals surface area contributed by atoms with E-state index >= 15 is 0 Å². The van der Waals surface area contributed by atoms with E-state index in [1.54, 1.807) is 24.3 Å². The molecule has 0 saturated heterocycles. The number of aryl methyl sites for hydroxylation is 2. The predicted molar refractivity (Wildman–Crippen MR) is 77.9 cm³/mol. The fraction of sp³-hybridized carbons (Fsp3) is 0.188. The Morgan fingerprint density at radius 3 is 2.47 bits per heavy atom. The topological polar surface area (TPSA) is 55.1 Å². The lowest BCUT2D eigenvalue weighted by atomic mass is 10.1. The number of hydrogen-bond donors (Lipinski definition) is 2. The summed E-state index contributed by atoms with van der Waals surface area (Å²) < 4.78 is 0. The van der Waals surface area contributed by atoms with Gasteiger partial charge in [-0.25, -0.2) is 0 Å². The maximum absolute atomic E-state index is 12.0. The second kappa shape index (κ2) is 5.57. The maximum atomic E-state index is 12.0. The minimum absolute atomic E-state index is 0.0825. The molecule has 2 aromatic carbocycles. The molecule has 1 amide bonds. The minimum Gasteiger partial charge on any atom is -0.399 e. The number of carbonyl (C=O) groups excluding carboxylic acids is 1. The fourth-order valence-electron chi connectivity index (χ4n) is 1.90. The minimum atomic E-state index is -0.0825. The number of nitrogens with one attached hydrogen (secondary N) is 1. The summed E-state index contributed by atoms with van der Waals surface area (Å²) in [5.74, 6) is -0.0825. The van der Waals surface area contributed by atoms with Crippen LogP contribution in [0.1, 0.15) is 27.0 Å². The van der Waals surface area contributed by atoms with Gasteiger partial charge in [-0.05, 0) is 49.2 Å². The number of benzene rings is 2. The van der Waals surface area contributed by atoms with Crippen molar-refractivity contribution < 1.29 is 4.79 Å². The lowest BCUT2D eigenvalue weighted by molar-refractivity contribution is 0.0951. The number of amides is 1. The van der Waals surface area contributed by atoms with E-state index in [0.717, 1.165) is 5.56 Å². The molecule has 2 aromatic rings. The SMILES string of the molecule is Cc1ccc(C)c(CNC(=O)c2ccc(N)cc2)c1. The Morgan fingerprint density at radius 2 is 1.79 bits per heavy atom. The summed E-state index contributed by atoms with van der Waals surface area (Å²) in [4.78, 5) is 12.0. The van der Waals surface area contributed by atoms with E-state index < -0.39 is 0 Å². The van der Waals surface area contributed by atoms with Crippen molar-refractivity contribution in [3.8, 4) is 0 Å². The first-order valence-electron chi connectivity index (χ1n) is 6.26. The van der Waals surface area contributed by atoms with Gasteiger partial charge < -0.3 is 11.1 Å². The summed E-state index contributed by atoms with van der Waals surface area (Å²) in [5, 5.41) is 2.92. The quantitative estimate of drug-likeness (QED) is 0.827. The lowest BCUT2D eigenvalue weighted by Crippen LogP contribution is -2.23. The summed E-state index contributed by atoms with van der Waals surface area (Å²) in [6, 6.07) is 13.2. The molecule has 0 aliphatic heterocycles. The highest BCUT2D eigenvalue weighted by Gasteiger charge is 2.06. The van der Waals surface area contributed by atoms with E-state index in [1.807, 2.05) is 13.8 Å². The summed E-state index contributed by atoms with van der Waals surface area (Å²) in [6.07, 6.45) is 0. The lowest BCUT2D eigenvalue weighted by Gasteiger charge is -2.09. The van der Waals surface area contributed by atoms with Crippen LogP contribution in [0.15, 0.2) is 42.5 Å². The van der Waals surface area contributed by atoms with Gasteiger partial charge in [0.15, 0.2) is 0 Å². The third-order valence-electron chi connectivity index (χ3n) is 3.12. The smallest absolute Gasteiger partial charge is 0.251 e. The van der Waals surface area contributed by atoms with Crippen molar-refractivity contribution in [3.63, 3.8) is 0 Å². The molecule has 0 heterocycles. The molecule has 0 atom stereocenters. The van der Waals surface area contributed by atoms with E-state index in [2.05, 4.69) is 23.5 Å². The fourth-order valence-corrected chi connectivity index (χ4v) is 1.90. The van der Waals surface area contributed by atoms with Crippen molar-refractivity contribution in [2.45, 2.75) is 20.4 Å². The normalized spacial score (nSPS) is 10.2. The van der Waals surface area contributed by atoms with Crippen LogP contribution >= 0.6 is 0 Å². The first kappa shape index (κ1) is 13.1. The van der Waals surface area contributed by atoms with Crippen LogP contribution < -0.4 is 11.1 Å². The van der Waals surface area contributed by atoms with E-state index in [1.165, 1.54) is 11.1 Å². The highest BCUT2D eigenvalue weighted by atomic mass is 16.1. The Labute approximate surface area is 113 Å². The molecule has 3 N–H and O–H groups in total. The molecule has 2 rings (SSSR count). The number of carbonyl (C=O) groups is 1. The molecule has 0 unspecified atom stereocenters. The highest BCUT2D eigenvalue weighted by molar-refractivity contribution is 5.94. The van der Waals surface area contributed by atoms with E-state index in [4.69, 9.17) is 5.73 Å². The number of nitrogens with two attached hydrogens (primary N) is 1. The Kier molecular flexibility index (Phi) is 3.85. The zero-order chi connectivity index (χ0) is 13.8. The third kappa shape index (κ3) is 3.35. The van der Waals surface area contributed by atoms with Gasteiger partial charge in [0.2, 0.25) is 0 Å². The molecule has 0 spiro atoms. The van der Waals surface area contributed by atoms with Gasteiger partial charge >= 0.3 is 0 Å². The summed E-state index contributed by atoms with van der Waals surface area (Å²) in [5.41, 5.74) is 10.4. The van der Waals surface area contributed by atoms with Crippen LogP contribution in [0.25, 0.3) is 0 Å². The van der Waals surface area contributed by atoms with Crippen molar-refractivity contribution >= 4 is 11.6 Å². The molecular weight excluding hydrogens is 236 g/mol. The molecule has 98 valence electrons. The zero-order valence-electron chi connectivity index (χ0n) is 11.2. The number of rotatable bonds is 3. The molecule has 0 aromatic heterocycles. The summed E-state index contributed by atoms with van der Waals surface area (Å²) >= 11 is 0. The third-order valence-corrected chi connectivity index (χ3v) is 3.12. The van der Waals surface area contributed by atoms with Crippen LogP contribution in [0.5, 0.6) is 0 Å². The molecule has 0 fully saturated rings. The second-order valence-corrected chi connectivity index (χ2v) is 4.73. The van der Waals surface area contributed by atoms with Gasteiger partial charge in [0.1, 0.15) is 0 Å². The van der Waals surface area contributed by atoms with Crippen LogP contribution in [-0.2, 0) is 6.54 Å².